The van der Waals surface area contributed by atoms with Crippen LogP contribution in [0.2, 0.25) is 0 Å². The second-order valence-corrected chi connectivity index (χ2v) is 5.43. The minimum Gasteiger partial charge on any atom is -0.335 e. The number of rotatable bonds is 8. The molecule has 0 saturated carbocycles. The zero-order valence-electron chi connectivity index (χ0n) is 12.8. The van der Waals surface area contributed by atoms with Crippen LogP contribution < -0.4 is 0 Å². The average Bonchev–Trinajstić information content (AvgIpc) is 2.83. The molecule has 0 saturated heterocycles. The lowest BCUT2D eigenvalue weighted by Gasteiger charge is -2.03. The van der Waals surface area contributed by atoms with Crippen molar-refractivity contribution in [3.8, 4) is 0 Å². The van der Waals surface area contributed by atoms with Crippen molar-refractivity contribution in [2.24, 2.45) is 0 Å². The Morgan fingerprint density at radius 2 is 1.75 bits per heavy atom. The van der Waals surface area contributed by atoms with E-state index in [0.29, 0.717) is 0 Å². The van der Waals surface area contributed by atoms with Gasteiger partial charge in [0.25, 0.3) is 0 Å². The molecular formula is C18H26N2. The summed E-state index contributed by atoms with van der Waals surface area (Å²) in [6.45, 7) is 5.55. The first-order chi connectivity index (χ1) is 9.83. The molecular weight excluding hydrogens is 244 g/mol. The molecule has 0 spiro atoms. The summed E-state index contributed by atoms with van der Waals surface area (Å²) in [7, 11) is 0. The highest BCUT2D eigenvalue weighted by Crippen LogP contribution is 2.11. The largest absolute Gasteiger partial charge is 0.335 e. The van der Waals surface area contributed by atoms with Gasteiger partial charge >= 0.3 is 0 Å². The Labute approximate surface area is 122 Å². The summed E-state index contributed by atoms with van der Waals surface area (Å²) in [5.41, 5.74) is 2.69. The van der Waals surface area contributed by atoms with Crippen molar-refractivity contribution >= 4 is 0 Å². The van der Waals surface area contributed by atoms with Crippen molar-refractivity contribution in [2.75, 3.05) is 0 Å². The van der Waals surface area contributed by atoms with Crippen LogP contribution in [-0.2, 0) is 25.8 Å². The summed E-state index contributed by atoms with van der Waals surface area (Å²) < 4.78 is 2.35. The predicted molar refractivity (Wildman–Crippen MR) is 85.0 cm³/mol. The van der Waals surface area contributed by atoms with Crippen LogP contribution in [0.1, 0.15) is 50.2 Å². The Balaban J connectivity index is 1.90. The fourth-order valence-corrected chi connectivity index (χ4v) is 2.61. The molecule has 1 aromatic carbocycles. The Kier molecular flexibility index (Phi) is 5.85. The number of hydrogen-bond donors (Lipinski definition) is 0. The molecule has 0 aliphatic carbocycles. The van der Waals surface area contributed by atoms with Crippen molar-refractivity contribution in [1.82, 2.24) is 9.55 Å². The lowest BCUT2D eigenvalue weighted by atomic mass is 10.1. The zero-order chi connectivity index (χ0) is 14.2. The lowest BCUT2D eigenvalue weighted by Crippen LogP contribution is -2.01. The van der Waals surface area contributed by atoms with E-state index in [1.807, 2.05) is 0 Å². The Morgan fingerprint density at radius 1 is 0.950 bits per heavy atom. The summed E-state index contributed by atoms with van der Waals surface area (Å²) in [5, 5.41) is 0. The van der Waals surface area contributed by atoms with Gasteiger partial charge < -0.3 is 4.57 Å². The van der Waals surface area contributed by atoms with Gasteiger partial charge in [-0.1, -0.05) is 44.2 Å². The summed E-state index contributed by atoms with van der Waals surface area (Å²) in [4.78, 5) is 4.81. The fourth-order valence-electron chi connectivity index (χ4n) is 2.61. The molecule has 0 atom stereocenters. The van der Waals surface area contributed by atoms with Crippen LogP contribution >= 0.6 is 0 Å². The van der Waals surface area contributed by atoms with Gasteiger partial charge in [0, 0.05) is 19.2 Å². The highest BCUT2D eigenvalue weighted by atomic mass is 15.1. The SMILES string of the molecule is CCCc1nc(CCCc2ccccc2)cn1CCC. The van der Waals surface area contributed by atoms with E-state index in [-0.39, 0.29) is 0 Å². The first-order valence-corrected chi connectivity index (χ1v) is 7.92. The topological polar surface area (TPSA) is 17.8 Å². The molecule has 20 heavy (non-hydrogen) atoms. The van der Waals surface area contributed by atoms with Gasteiger partial charge in [0.1, 0.15) is 5.82 Å². The van der Waals surface area contributed by atoms with Crippen LogP contribution in [0.25, 0.3) is 0 Å². The maximum atomic E-state index is 4.81. The molecule has 2 rings (SSSR count). The third-order valence-electron chi connectivity index (χ3n) is 3.59. The summed E-state index contributed by atoms with van der Waals surface area (Å²) in [6, 6.07) is 10.7. The highest BCUT2D eigenvalue weighted by Gasteiger charge is 2.06. The van der Waals surface area contributed by atoms with Crippen LogP contribution in [0.5, 0.6) is 0 Å². The molecule has 0 aliphatic rings. The van der Waals surface area contributed by atoms with E-state index < -0.39 is 0 Å². The van der Waals surface area contributed by atoms with Gasteiger partial charge in [-0.2, -0.15) is 0 Å². The van der Waals surface area contributed by atoms with Crippen LogP contribution in [0, 0.1) is 0 Å². The van der Waals surface area contributed by atoms with E-state index in [1.54, 1.807) is 0 Å². The standard InChI is InChI=1S/C18H26N2/c1-3-9-18-19-17(15-20(18)14-4-2)13-8-12-16-10-6-5-7-11-16/h5-7,10-11,15H,3-4,8-9,12-14H2,1-2H3. The van der Waals surface area contributed by atoms with Crippen LogP contribution in [0.15, 0.2) is 36.5 Å². The molecule has 108 valence electrons. The van der Waals surface area contributed by atoms with E-state index in [4.69, 9.17) is 4.98 Å². The molecule has 0 bridgehead atoms. The molecule has 1 heterocycles. The average molecular weight is 270 g/mol. The molecule has 0 radical (unpaired) electrons. The molecule has 0 amide bonds. The van der Waals surface area contributed by atoms with E-state index in [2.05, 4.69) is 54.9 Å². The second-order valence-electron chi connectivity index (χ2n) is 5.43. The minimum atomic E-state index is 1.09. The number of nitrogens with zero attached hydrogens (tertiary/aromatic N) is 2. The van der Waals surface area contributed by atoms with Gasteiger partial charge in [0.2, 0.25) is 0 Å². The fraction of sp³-hybridized carbons (Fsp3) is 0.500. The molecule has 0 fully saturated rings. The predicted octanol–water partition coefficient (Wildman–Crippen LogP) is 4.42. The third-order valence-corrected chi connectivity index (χ3v) is 3.59. The number of hydrogen-bond acceptors (Lipinski definition) is 1. The lowest BCUT2D eigenvalue weighted by molar-refractivity contribution is 0.630. The van der Waals surface area contributed by atoms with E-state index in [1.165, 1.54) is 36.3 Å². The van der Waals surface area contributed by atoms with Gasteiger partial charge in [0.15, 0.2) is 0 Å². The van der Waals surface area contributed by atoms with Crippen molar-refractivity contribution < 1.29 is 0 Å². The molecule has 2 heteroatoms. The molecule has 1 aromatic heterocycles. The Bertz CT molecular complexity index is 476. The quantitative estimate of drug-likeness (QED) is 0.694. The maximum absolute atomic E-state index is 4.81. The van der Waals surface area contributed by atoms with Gasteiger partial charge in [-0.05, 0) is 37.7 Å². The molecule has 2 aromatic rings. The van der Waals surface area contributed by atoms with E-state index in [0.717, 1.165) is 25.8 Å². The highest BCUT2D eigenvalue weighted by molar-refractivity contribution is 5.15. The summed E-state index contributed by atoms with van der Waals surface area (Å²) >= 11 is 0. The second kappa shape index (κ2) is 7.88. The Hall–Kier alpha value is -1.57. The van der Waals surface area contributed by atoms with Gasteiger partial charge in [0.05, 0.1) is 5.69 Å². The van der Waals surface area contributed by atoms with Crippen LogP contribution in [0.4, 0.5) is 0 Å². The normalized spacial score (nSPS) is 10.9. The molecule has 0 aliphatic heterocycles. The number of benzene rings is 1. The monoisotopic (exact) mass is 270 g/mol. The molecule has 2 nitrogen and oxygen atoms in total. The van der Waals surface area contributed by atoms with Crippen LogP contribution in [0.3, 0.4) is 0 Å². The van der Waals surface area contributed by atoms with Crippen molar-refractivity contribution in [1.29, 1.82) is 0 Å². The van der Waals surface area contributed by atoms with E-state index >= 15 is 0 Å². The summed E-state index contributed by atoms with van der Waals surface area (Å²) in [6.07, 6.45) is 9.12. The number of imidazole rings is 1. The number of aryl methyl sites for hydroxylation is 4. The van der Waals surface area contributed by atoms with Gasteiger partial charge in [-0.25, -0.2) is 4.98 Å². The van der Waals surface area contributed by atoms with Gasteiger partial charge in [-0.3, -0.25) is 0 Å². The summed E-state index contributed by atoms with van der Waals surface area (Å²) in [5.74, 6) is 1.27. The molecule has 0 N–H and O–H groups in total. The smallest absolute Gasteiger partial charge is 0.108 e. The van der Waals surface area contributed by atoms with E-state index in [9.17, 15) is 0 Å². The van der Waals surface area contributed by atoms with Crippen LogP contribution in [-0.4, -0.2) is 9.55 Å². The van der Waals surface area contributed by atoms with Crippen molar-refractivity contribution in [3.63, 3.8) is 0 Å². The van der Waals surface area contributed by atoms with Crippen molar-refractivity contribution in [2.45, 2.75) is 58.9 Å². The van der Waals surface area contributed by atoms with Gasteiger partial charge in [-0.15, -0.1) is 0 Å². The third kappa shape index (κ3) is 4.22. The van der Waals surface area contributed by atoms with Crippen molar-refractivity contribution in [3.05, 3.63) is 53.6 Å². The number of aromatic nitrogens is 2. The maximum Gasteiger partial charge on any atom is 0.108 e. The minimum absolute atomic E-state index is 1.09. The first-order valence-electron chi connectivity index (χ1n) is 7.92. The molecule has 0 unspecified atom stereocenters. The first kappa shape index (κ1) is 14.8. The zero-order valence-corrected chi connectivity index (χ0v) is 12.8. The Morgan fingerprint density at radius 3 is 2.45 bits per heavy atom.